The number of hydrogen-bond donors (Lipinski definition) is 1. The van der Waals surface area contributed by atoms with Gasteiger partial charge in [0.05, 0.1) is 0 Å². The highest BCUT2D eigenvalue weighted by Gasteiger charge is 2.11. The summed E-state index contributed by atoms with van der Waals surface area (Å²) in [6, 6.07) is 7.07. The van der Waals surface area contributed by atoms with Gasteiger partial charge in [-0.25, -0.2) is 0 Å². The topological polar surface area (TPSA) is 12.0 Å². The van der Waals surface area contributed by atoms with Gasteiger partial charge in [-0.1, -0.05) is 40.6 Å². The van der Waals surface area contributed by atoms with Gasteiger partial charge in [0.25, 0.3) is 0 Å². The van der Waals surface area contributed by atoms with Crippen LogP contribution in [0.4, 0.5) is 0 Å². The normalized spacial score (nSPS) is 12.4. The molecule has 1 N–H and O–H groups in total. The summed E-state index contributed by atoms with van der Waals surface area (Å²) in [4.78, 5) is 0. The van der Waals surface area contributed by atoms with E-state index in [1.807, 2.05) is 0 Å². The molecule has 1 aromatic carbocycles. The van der Waals surface area contributed by atoms with Gasteiger partial charge in [-0.3, -0.25) is 0 Å². The third-order valence-electron chi connectivity index (χ3n) is 3.08. The number of allylic oxidation sites excluding steroid dienone is 1. The third kappa shape index (κ3) is 4.95. The summed E-state index contributed by atoms with van der Waals surface area (Å²) < 4.78 is 1.18. The van der Waals surface area contributed by atoms with Gasteiger partial charge in [0.2, 0.25) is 0 Å². The van der Waals surface area contributed by atoms with E-state index in [-0.39, 0.29) is 0 Å². The zero-order valence-corrected chi connectivity index (χ0v) is 13.3. The fourth-order valence-electron chi connectivity index (χ4n) is 1.98. The van der Waals surface area contributed by atoms with Crippen LogP contribution < -0.4 is 5.32 Å². The predicted molar refractivity (Wildman–Crippen MR) is 84.0 cm³/mol. The smallest absolute Gasteiger partial charge is 0.0323 e. The van der Waals surface area contributed by atoms with E-state index in [1.54, 1.807) is 0 Å². The predicted octanol–water partition coefficient (Wildman–Crippen LogP) is 5.15. The molecule has 2 heteroatoms. The Morgan fingerprint density at radius 3 is 2.72 bits per heavy atom. The van der Waals surface area contributed by atoms with Gasteiger partial charge < -0.3 is 5.32 Å². The van der Waals surface area contributed by atoms with Gasteiger partial charge >= 0.3 is 0 Å². The van der Waals surface area contributed by atoms with E-state index in [0.717, 1.165) is 19.4 Å². The number of benzene rings is 1. The van der Waals surface area contributed by atoms with Crippen molar-refractivity contribution in [1.29, 1.82) is 0 Å². The SMILES string of the molecule is C=C(C)CCC(NCCC)c1ccc(Br)c(C)c1. The van der Waals surface area contributed by atoms with Gasteiger partial charge in [0, 0.05) is 10.5 Å². The molecule has 0 heterocycles. The minimum Gasteiger partial charge on any atom is -0.310 e. The molecule has 0 radical (unpaired) electrons. The minimum absolute atomic E-state index is 0.438. The highest BCUT2D eigenvalue weighted by Crippen LogP contribution is 2.25. The minimum atomic E-state index is 0.438. The van der Waals surface area contributed by atoms with E-state index in [2.05, 4.69) is 66.8 Å². The first-order valence-electron chi connectivity index (χ1n) is 6.68. The highest BCUT2D eigenvalue weighted by molar-refractivity contribution is 9.10. The van der Waals surface area contributed by atoms with Crippen LogP contribution >= 0.6 is 15.9 Å². The van der Waals surface area contributed by atoms with E-state index in [1.165, 1.54) is 27.6 Å². The van der Waals surface area contributed by atoms with Crippen molar-refractivity contribution in [3.8, 4) is 0 Å². The Kier molecular flexibility index (Phi) is 6.66. The molecule has 18 heavy (non-hydrogen) atoms. The van der Waals surface area contributed by atoms with E-state index < -0.39 is 0 Å². The molecule has 1 nitrogen and oxygen atoms in total. The van der Waals surface area contributed by atoms with Crippen LogP contribution in [-0.2, 0) is 0 Å². The van der Waals surface area contributed by atoms with Crippen molar-refractivity contribution in [3.63, 3.8) is 0 Å². The Morgan fingerprint density at radius 2 is 2.17 bits per heavy atom. The molecule has 1 rings (SSSR count). The summed E-state index contributed by atoms with van der Waals surface area (Å²) in [5.74, 6) is 0. The Bertz CT molecular complexity index is 398. The van der Waals surface area contributed by atoms with E-state index in [9.17, 15) is 0 Å². The summed E-state index contributed by atoms with van der Waals surface area (Å²) in [5, 5.41) is 3.63. The van der Waals surface area contributed by atoms with E-state index in [4.69, 9.17) is 0 Å². The van der Waals surface area contributed by atoms with E-state index in [0.29, 0.717) is 6.04 Å². The van der Waals surface area contributed by atoms with Crippen molar-refractivity contribution in [1.82, 2.24) is 5.32 Å². The van der Waals surface area contributed by atoms with Crippen molar-refractivity contribution in [2.45, 2.75) is 46.1 Å². The van der Waals surface area contributed by atoms with Gasteiger partial charge in [0.15, 0.2) is 0 Å². The Morgan fingerprint density at radius 1 is 1.44 bits per heavy atom. The molecule has 0 saturated heterocycles. The first-order chi connectivity index (χ1) is 8.54. The molecule has 0 aliphatic heterocycles. The average Bonchev–Trinajstić information content (AvgIpc) is 2.33. The molecule has 0 amide bonds. The zero-order chi connectivity index (χ0) is 13.5. The highest BCUT2D eigenvalue weighted by atomic mass is 79.9. The Hall–Kier alpha value is -0.600. The molecule has 1 atom stereocenters. The number of halogens is 1. The second-order valence-corrected chi connectivity index (χ2v) is 5.87. The number of rotatable bonds is 7. The summed E-state index contributed by atoms with van der Waals surface area (Å²) >= 11 is 3.56. The number of hydrogen-bond acceptors (Lipinski definition) is 1. The van der Waals surface area contributed by atoms with Crippen molar-refractivity contribution < 1.29 is 0 Å². The first-order valence-corrected chi connectivity index (χ1v) is 7.47. The lowest BCUT2D eigenvalue weighted by Crippen LogP contribution is -2.22. The number of aryl methyl sites for hydroxylation is 1. The Balaban J connectivity index is 2.79. The van der Waals surface area contributed by atoms with Crippen LogP contribution in [0.15, 0.2) is 34.8 Å². The fourth-order valence-corrected chi connectivity index (χ4v) is 2.23. The molecule has 1 unspecified atom stereocenters. The van der Waals surface area contributed by atoms with Crippen LogP contribution in [0.25, 0.3) is 0 Å². The molecule has 0 spiro atoms. The summed E-state index contributed by atoms with van der Waals surface area (Å²) in [6.07, 6.45) is 3.37. The maximum atomic E-state index is 4.00. The van der Waals surface area contributed by atoms with Gasteiger partial charge in [-0.05, 0) is 56.8 Å². The summed E-state index contributed by atoms with van der Waals surface area (Å²) in [6.45, 7) is 11.5. The second kappa shape index (κ2) is 7.75. The standard InChI is InChI=1S/C16H24BrN/c1-5-10-18-16(9-6-12(2)3)14-7-8-15(17)13(4)11-14/h7-8,11,16,18H,2,5-6,9-10H2,1,3-4H3. The third-order valence-corrected chi connectivity index (χ3v) is 3.97. The molecule has 1 aromatic rings. The molecule has 0 aliphatic carbocycles. The van der Waals surface area contributed by atoms with Crippen molar-refractivity contribution in [2.75, 3.05) is 6.54 Å². The molecule has 0 aliphatic rings. The molecule has 0 aromatic heterocycles. The van der Waals surface area contributed by atoms with Crippen molar-refractivity contribution in [2.24, 2.45) is 0 Å². The monoisotopic (exact) mass is 309 g/mol. The van der Waals surface area contributed by atoms with Crippen LogP contribution in [0.3, 0.4) is 0 Å². The average molecular weight is 310 g/mol. The van der Waals surface area contributed by atoms with Gasteiger partial charge in [0.1, 0.15) is 0 Å². The van der Waals surface area contributed by atoms with Crippen LogP contribution in [-0.4, -0.2) is 6.54 Å². The molecule has 0 saturated carbocycles. The first kappa shape index (κ1) is 15.5. The molecular weight excluding hydrogens is 286 g/mol. The lowest BCUT2D eigenvalue weighted by atomic mass is 9.98. The largest absolute Gasteiger partial charge is 0.310 e. The molecule has 100 valence electrons. The summed E-state index contributed by atoms with van der Waals surface area (Å²) in [5.41, 5.74) is 3.93. The number of nitrogens with one attached hydrogen (secondary N) is 1. The maximum absolute atomic E-state index is 4.00. The molecular formula is C16H24BrN. The van der Waals surface area contributed by atoms with Crippen LogP contribution in [0.2, 0.25) is 0 Å². The summed E-state index contributed by atoms with van der Waals surface area (Å²) in [7, 11) is 0. The maximum Gasteiger partial charge on any atom is 0.0323 e. The van der Waals surface area contributed by atoms with Crippen molar-refractivity contribution >= 4 is 15.9 Å². The quantitative estimate of drug-likeness (QED) is 0.686. The lowest BCUT2D eigenvalue weighted by Gasteiger charge is -2.20. The van der Waals surface area contributed by atoms with Crippen LogP contribution in [0, 0.1) is 6.92 Å². The van der Waals surface area contributed by atoms with Crippen molar-refractivity contribution in [3.05, 3.63) is 46.0 Å². The van der Waals surface area contributed by atoms with Crippen LogP contribution in [0.5, 0.6) is 0 Å². The van der Waals surface area contributed by atoms with Gasteiger partial charge in [-0.2, -0.15) is 0 Å². The zero-order valence-electron chi connectivity index (χ0n) is 11.7. The lowest BCUT2D eigenvalue weighted by molar-refractivity contribution is 0.498. The Labute approximate surface area is 120 Å². The molecule has 0 bridgehead atoms. The van der Waals surface area contributed by atoms with Gasteiger partial charge in [-0.15, -0.1) is 6.58 Å². The fraction of sp³-hybridized carbons (Fsp3) is 0.500. The molecule has 0 fully saturated rings. The van der Waals surface area contributed by atoms with Crippen LogP contribution in [0.1, 0.15) is 50.3 Å². The van der Waals surface area contributed by atoms with E-state index >= 15 is 0 Å². The second-order valence-electron chi connectivity index (χ2n) is 5.01.